The van der Waals surface area contributed by atoms with Gasteiger partial charge in [-0.2, -0.15) is 0 Å². The van der Waals surface area contributed by atoms with Gasteiger partial charge in [0.15, 0.2) is 0 Å². The van der Waals surface area contributed by atoms with Crippen molar-refractivity contribution in [1.29, 1.82) is 0 Å². The maximum atomic E-state index is 5.79. The normalized spacial score (nSPS) is 17.0. The van der Waals surface area contributed by atoms with Gasteiger partial charge in [-0.1, -0.05) is 12.1 Å². The Balaban J connectivity index is 1.62. The van der Waals surface area contributed by atoms with Gasteiger partial charge < -0.3 is 14.8 Å². The van der Waals surface area contributed by atoms with Crippen LogP contribution in [-0.2, 0) is 9.47 Å². The molecule has 1 aliphatic heterocycles. The first-order valence-electron chi connectivity index (χ1n) is 6.34. The van der Waals surface area contributed by atoms with E-state index in [1.165, 1.54) is 11.3 Å². The average Bonchev–Trinajstić information content (AvgIpc) is 2.36. The third-order valence-corrected chi connectivity index (χ3v) is 2.97. The Labute approximate surface area is 103 Å². The zero-order valence-corrected chi connectivity index (χ0v) is 10.4. The van der Waals surface area contributed by atoms with E-state index in [2.05, 4.69) is 36.5 Å². The van der Waals surface area contributed by atoms with Crippen molar-refractivity contribution in [1.82, 2.24) is 0 Å². The minimum atomic E-state index is 0.392. The van der Waals surface area contributed by atoms with Crippen molar-refractivity contribution in [3.63, 3.8) is 0 Å². The molecule has 1 aromatic rings. The molecule has 0 unspecified atom stereocenters. The largest absolute Gasteiger partial charge is 0.383 e. The highest BCUT2D eigenvalue weighted by atomic mass is 16.5. The second-order valence-corrected chi connectivity index (χ2v) is 4.48. The number of rotatable bonds is 5. The molecule has 3 nitrogen and oxygen atoms in total. The number of aryl methyl sites for hydroxylation is 1. The first kappa shape index (κ1) is 12.4. The van der Waals surface area contributed by atoms with Gasteiger partial charge in [0.25, 0.3) is 0 Å². The van der Waals surface area contributed by atoms with E-state index < -0.39 is 0 Å². The van der Waals surface area contributed by atoms with Gasteiger partial charge in [-0.25, -0.2) is 0 Å². The summed E-state index contributed by atoms with van der Waals surface area (Å²) in [7, 11) is 0. The van der Waals surface area contributed by atoms with E-state index in [9.17, 15) is 0 Å². The Hall–Kier alpha value is -1.06. The molecule has 3 heteroatoms. The van der Waals surface area contributed by atoms with Crippen molar-refractivity contribution in [3.8, 4) is 0 Å². The van der Waals surface area contributed by atoms with Crippen molar-refractivity contribution < 1.29 is 9.47 Å². The Morgan fingerprint density at radius 1 is 1.35 bits per heavy atom. The van der Waals surface area contributed by atoms with Crippen LogP contribution in [-0.4, -0.2) is 32.5 Å². The predicted molar refractivity (Wildman–Crippen MR) is 69.5 cm³/mol. The van der Waals surface area contributed by atoms with E-state index >= 15 is 0 Å². The Bertz CT molecular complexity index is 335. The maximum absolute atomic E-state index is 5.79. The molecule has 2 rings (SSSR count). The highest BCUT2D eigenvalue weighted by Crippen LogP contribution is 2.11. The van der Waals surface area contributed by atoms with Gasteiger partial charge in [0, 0.05) is 25.4 Å². The highest BCUT2D eigenvalue weighted by Gasteiger charge is 2.13. The topological polar surface area (TPSA) is 30.5 Å². The van der Waals surface area contributed by atoms with Gasteiger partial charge in [0.1, 0.15) is 0 Å². The summed E-state index contributed by atoms with van der Waals surface area (Å²) in [6.45, 7) is 5.41. The van der Waals surface area contributed by atoms with Gasteiger partial charge >= 0.3 is 0 Å². The van der Waals surface area contributed by atoms with Crippen molar-refractivity contribution in [2.45, 2.75) is 25.9 Å². The highest BCUT2D eigenvalue weighted by molar-refractivity contribution is 5.45. The van der Waals surface area contributed by atoms with Crippen LogP contribution < -0.4 is 5.32 Å². The van der Waals surface area contributed by atoms with Crippen LogP contribution in [0.1, 0.15) is 18.4 Å². The van der Waals surface area contributed by atoms with Crippen LogP contribution in [0.25, 0.3) is 0 Å². The summed E-state index contributed by atoms with van der Waals surface area (Å²) in [6.07, 6.45) is 2.46. The number of hydrogen-bond acceptors (Lipinski definition) is 3. The second kappa shape index (κ2) is 6.62. The maximum Gasteiger partial charge on any atom is 0.0642 e. The van der Waals surface area contributed by atoms with Gasteiger partial charge in [-0.15, -0.1) is 0 Å². The molecular formula is C14H21NO2. The van der Waals surface area contributed by atoms with Crippen molar-refractivity contribution in [2.24, 2.45) is 0 Å². The van der Waals surface area contributed by atoms with E-state index in [1.807, 2.05) is 0 Å². The molecule has 0 aromatic heterocycles. The molecule has 0 amide bonds. The lowest BCUT2D eigenvalue weighted by atomic mass is 10.2. The van der Waals surface area contributed by atoms with E-state index in [0.29, 0.717) is 6.10 Å². The van der Waals surface area contributed by atoms with Crippen LogP contribution in [0.2, 0.25) is 0 Å². The fourth-order valence-corrected chi connectivity index (χ4v) is 2.02. The molecule has 0 aliphatic carbocycles. The third-order valence-electron chi connectivity index (χ3n) is 2.97. The van der Waals surface area contributed by atoms with Crippen LogP contribution in [0.15, 0.2) is 24.3 Å². The summed E-state index contributed by atoms with van der Waals surface area (Å²) in [5.41, 5.74) is 2.45. The Morgan fingerprint density at radius 3 is 2.94 bits per heavy atom. The Morgan fingerprint density at radius 2 is 2.18 bits per heavy atom. The molecular weight excluding hydrogens is 214 g/mol. The van der Waals surface area contributed by atoms with E-state index in [1.54, 1.807) is 0 Å². The summed E-state index contributed by atoms with van der Waals surface area (Å²) >= 11 is 0. The Kier molecular flexibility index (Phi) is 4.83. The summed E-state index contributed by atoms with van der Waals surface area (Å²) in [6, 6.07) is 8.40. The van der Waals surface area contributed by atoms with Crippen molar-refractivity contribution in [2.75, 3.05) is 31.7 Å². The molecule has 1 aliphatic rings. The number of benzene rings is 1. The molecule has 1 N–H and O–H groups in total. The first-order chi connectivity index (χ1) is 8.34. The first-order valence-corrected chi connectivity index (χ1v) is 6.34. The van der Waals surface area contributed by atoms with Gasteiger partial charge in [0.2, 0.25) is 0 Å². The molecule has 17 heavy (non-hydrogen) atoms. The van der Waals surface area contributed by atoms with Gasteiger partial charge in [-0.05, 0) is 37.5 Å². The molecule has 0 bridgehead atoms. The molecule has 1 aromatic carbocycles. The molecule has 94 valence electrons. The smallest absolute Gasteiger partial charge is 0.0642 e. The summed E-state index contributed by atoms with van der Waals surface area (Å²) in [5.74, 6) is 0. The molecule has 1 fully saturated rings. The summed E-state index contributed by atoms with van der Waals surface area (Å²) in [5, 5.41) is 3.37. The number of hydrogen-bond donors (Lipinski definition) is 1. The molecule has 0 spiro atoms. The summed E-state index contributed by atoms with van der Waals surface area (Å²) < 4.78 is 11.1. The SMILES string of the molecule is Cc1cccc(NCCOC2CCOCC2)c1. The number of ether oxygens (including phenoxy) is 2. The fraction of sp³-hybridized carbons (Fsp3) is 0.571. The molecule has 0 atom stereocenters. The van der Waals surface area contributed by atoms with Crippen LogP contribution in [0.3, 0.4) is 0 Å². The van der Waals surface area contributed by atoms with Crippen LogP contribution in [0.4, 0.5) is 5.69 Å². The van der Waals surface area contributed by atoms with E-state index in [0.717, 1.165) is 39.2 Å². The average molecular weight is 235 g/mol. The van der Waals surface area contributed by atoms with Crippen molar-refractivity contribution in [3.05, 3.63) is 29.8 Å². The zero-order valence-electron chi connectivity index (χ0n) is 10.4. The lowest BCUT2D eigenvalue weighted by Crippen LogP contribution is -2.25. The minimum Gasteiger partial charge on any atom is -0.383 e. The molecule has 0 radical (unpaired) electrons. The standard InChI is InChI=1S/C14H21NO2/c1-12-3-2-4-13(11-12)15-7-10-17-14-5-8-16-9-6-14/h2-4,11,14-15H,5-10H2,1H3. The number of anilines is 1. The number of nitrogens with one attached hydrogen (secondary N) is 1. The quantitative estimate of drug-likeness (QED) is 0.796. The molecule has 0 saturated carbocycles. The third kappa shape index (κ3) is 4.36. The molecule has 1 saturated heterocycles. The predicted octanol–water partition coefficient (Wildman–Crippen LogP) is 2.60. The lowest BCUT2D eigenvalue weighted by Gasteiger charge is -2.22. The second-order valence-electron chi connectivity index (χ2n) is 4.48. The van der Waals surface area contributed by atoms with Gasteiger partial charge in [-0.3, -0.25) is 0 Å². The molecule has 1 heterocycles. The fourth-order valence-electron chi connectivity index (χ4n) is 2.02. The monoisotopic (exact) mass is 235 g/mol. The van der Waals surface area contributed by atoms with Crippen LogP contribution in [0, 0.1) is 6.92 Å². The van der Waals surface area contributed by atoms with E-state index in [-0.39, 0.29) is 0 Å². The lowest BCUT2D eigenvalue weighted by molar-refractivity contribution is -0.0283. The van der Waals surface area contributed by atoms with Crippen LogP contribution in [0.5, 0.6) is 0 Å². The van der Waals surface area contributed by atoms with Crippen molar-refractivity contribution >= 4 is 5.69 Å². The minimum absolute atomic E-state index is 0.392. The van der Waals surface area contributed by atoms with E-state index in [4.69, 9.17) is 9.47 Å². The van der Waals surface area contributed by atoms with Crippen LogP contribution >= 0.6 is 0 Å². The zero-order chi connectivity index (χ0) is 11.9. The summed E-state index contributed by atoms with van der Waals surface area (Å²) in [4.78, 5) is 0. The van der Waals surface area contributed by atoms with Gasteiger partial charge in [0.05, 0.1) is 12.7 Å².